The largest absolute Gasteiger partial charge is 0.507 e. The average Bonchev–Trinajstić information content (AvgIpc) is 3.37. The van der Waals surface area contributed by atoms with Crippen LogP contribution in [0.25, 0.3) is 22.5 Å². The molecule has 0 spiro atoms. The highest BCUT2D eigenvalue weighted by molar-refractivity contribution is 5.72. The molecule has 2 N–H and O–H groups in total. The molecular weight excluding hydrogens is 428 g/mol. The van der Waals surface area contributed by atoms with Crippen molar-refractivity contribution in [3.05, 3.63) is 36.8 Å². The fraction of sp³-hybridized carbons (Fsp3) is 0.478. The first kappa shape index (κ1) is 20.5. The molecule has 6 rings (SSSR count). The molecule has 3 aliphatic rings. The second-order valence-electron chi connectivity index (χ2n) is 9.33. The molecule has 3 atom stereocenters. The van der Waals surface area contributed by atoms with Crippen LogP contribution in [0.5, 0.6) is 5.75 Å². The van der Waals surface area contributed by atoms with E-state index in [1.54, 1.807) is 27.9 Å². The standard InChI is InChI=1S/C23H25F2N7O/c1-31-12-14(10-27-31)13-2-6-17(18(33)8-13)22-26-11-21(29-30-22)32(16-4-5-16)20-9-15-3-7-19(28-15)23(20,24)25/h2,6,8,10-12,15-16,19-20,28,33H,3-5,7,9H2,1H3/t15-,19+,20-/m1/s1. The summed E-state index contributed by atoms with van der Waals surface area (Å²) in [5, 5.41) is 26.3. The number of hydrogen-bond acceptors (Lipinski definition) is 7. The average molecular weight is 453 g/mol. The zero-order valence-corrected chi connectivity index (χ0v) is 18.2. The van der Waals surface area contributed by atoms with Crippen molar-refractivity contribution in [1.29, 1.82) is 0 Å². The Bertz CT molecular complexity index is 1180. The highest BCUT2D eigenvalue weighted by atomic mass is 19.3. The van der Waals surface area contributed by atoms with Crippen molar-refractivity contribution in [1.82, 2.24) is 30.3 Å². The van der Waals surface area contributed by atoms with Gasteiger partial charge in [-0.15, -0.1) is 10.2 Å². The van der Waals surface area contributed by atoms with E-state index in [1.807, 2.05) is 19.3 Å². The van der Waals surface area contributed by atoms with Crippen LogP contribution in [0.4, 0.5) is 14.6 Å². The minimum Gasteiger partial charge on any atom is -0.507 e. The molecule has 1 aliphatic carbocycles. The number of piperidine rings is 1. The molecule has 3 fully saturated rings. The minimum absolute atomic E-state index is 0.0198. The topological polar surface area (TPSA) is 92.0 Å². The second-order valence-corrected chi connectivity index (χ2v) is 9.33. The number of fused-ring (bicyclic) bond motifs is 2. The van der Waals surface area contributed by atoms with Gasteiger partial charge in [-0.2, -0.15) is 5.10 Å². The van der Waals surface area contributed by atoms with Gasteiger partial charge in [-0.3, -0.25) is 4.68 Å². The Labute approximate surface area is 189 Å². The Balaban J connectivity index is 1.28. The van der Waals surface area contributed by atoms with Crippen LogP contribution in [0, 0.1) is 0 Å². The number of benzene rings is 1. The maximum atomic E-state index is 15.2. The molecule has 2 bridgehead atoms. The first-order valence-corrected chi connectivity index (χ1v) is 11.3. The Hall–Kier alpha value is -3.14. The summed E-state index contributed by atoms with van der Waals surface area (Å²) < 4.78 is 32.2. The maximum absolute atomic E-state index is 15.2. The lowest BCUT2D eigenvalue weighted by Crippen LogP contribution is -2.63. The number of aromatic nitrogens is 5. The molecule has 2 saturated heterocycles. The normalized spacial score (nSPS) is 25.8. The Kier molecular flexibility index (Phi) is 4.62. The number of hydrogen-bond donors (Lipinski definition) is 2. The second kappa shape index (κ2) is 7.44. The number of rotatable bonds is 5. The number of nitrogens with zero attached hydrogens (tertiary/aromatic N) is 6. The number of phenols is 1. The molecule has 0 unspecified atom stereocenters. The van der Waals surface area contributed by atoms with Crippen LogP contribution in [-0.2, 0) is 7.05 Å². The molecule has 8 nitrogen and oxygen atoms in total. The van der Waals surface area contributed by atoms with Gasteiger partial charge in [-0.1, -0.05) is 6.07 Å². The van der Waals surface area contributed by atoms with Crippen LogP contribution >= 0.6 is 0 Å². The maximum Gasteiger partial charge on any atom is 0.283 e. The summed E-state index contributed by atoms with van der Waals surface area (Å²) in [5.41, 5.74) is 2.13. The molecular formula is C23H25F2N7O. The summed E-state index contributed by atoms with van der Waals surface area (Å²) >= 11 is 0. The lowest BCUT2D eigenvalue weighted by molar-refractivity contribution is -0.0743. The highest BCUT2D eigenvalue weighted by Crippen LogP contribution is 2.45. The van der Waals surface area contributed by atoms with Crippen molar-refractivity contribution in [2.45, 2.75) is 62.2 Å². The monoisotopic (exact) mass is 453 g/mol. The Morgan fingerprint density at radius 2 is 1.97 bits per heavy atom. The van der Waals surface area contributed by atoms with Crippen LogP contribution < -0.4 is 10.2 Å². The third-order valence-corrected chi connectivity index (χ3v) is 7.02. The van der Waals surface area contributed by atoms with Crippen molar-refractivity contribution in [3.8, 4) is 28.3 Å². The van der Waals surface area contributed by atoms with E-state index in [-0.39, 0.29) is 23.7 Å². The van der Waals surface area contributed by atoms with Gasteiger partial charge in [-0.05, 0) is 49.8 Å². The zero-order valence-electron chi connectivity index (χ0n) is 18.2. The third kappa shape index (κ3) is 3.52. The van der Waals surface area contributed by atoms with Gasteiger partial charge in [0.25, 0.3) is 5.92 Å². The first-order chi connectivity index (χ1) is 15.9. The minimum atomic E-state index is -2.84. The number of nitrogens with one attached hydrogen (secondary N) is 1. The van der Waals surface area contributed by atoms with Crippen LogP contribution in [0.2, 0.25) is 0 Å². The molecule has 0 radical (unpaired) electrons. The molecule has 2 aromatic heterocycles. The van der Waals surface area contributed by atoms with Gasteiger partial charge in [0.05, 0.1) is 30.0 Å². The summed E-state index contributed by atoms with van der Waals surface area (Å²) in [6, 6.07) is 3.70. The van der Waals surface area contributed by atoms with E-state index in [0.717, 1.165) is 30.4 Å². The summed E-state index contributed by atoms with van der Waals surface area (Å²) in [7, 11) is 1.83. The van der Waals surface area contributed by atoms with Gasteiger partial charge in [0.1, 0.15) is 5.75 Å². The van der Waals surface area contributed by atoms with E-state index in [2.05, 4.69) is 25.6 Å². The number of aryl methyl sites for hydroxylation is 1. The van der Waals surface area contributed by atoms with Crippen molar-refractivity contribution in [3.63, 3.8) is 0 Å². The van der Waals surface area contributed by atoms with Crippen LogP contribution in [-0.4, -0.2) is 60.2 Å². The molecule has 10 heteroatoms. The van der Waals surface area contributed by atoms with Gasteiger partial charge >= 0.3 is 0 Å². The van der Waals surface area contributed by atoms with Gasteiger partial charge < -0.3 is 15.3 Å². The van der Waals surface area contributed by atoms with Gasteiger partial charge in [-0.25, -0.2) is 13.8 Å². The zero-order chi connectivity index (χ0) is 22.7. The molecule has 172 valence electrons. The molecule has 1 aromatic carbocycles. The number of phenolic OH excluding ortho intramolecular Hbond substituents is 1. The van der Waals surface area contributed by atoms with Crippen molar-refractivity contribution in [2.75, 3.05) is 4.90 Å². The Morgan fingerprint density at radius 3 is 2.64 bits per heavy atom. The number of anilines is 1. The van der Waals surface area contributed by atoms with Crippen LogP contribution in [0.15, 0.2) is 36.8 Å². The summed E-state index contributed by atoms with van der Waals surface area (Å²) in [6.07, 6.45) is 8.50. The summed E-state index contributed by atoms with van der Waals surface area (Å²) in [5.74, 6) is -2.19. The molecule has 3 aromatic rings. The molecule has 1 saturated carbocycles. The summed E-state index contributed by atoms with van der Waals surface area (Å²) in [6.45, 7) is 0. The number of aromatic hydroxyl groups is 1. The molecule has 2 aliphatic heterocycles. The van der Waals surface area contributed by atoms with E-state index in [1.165, 1.54) is 6.20 Å². The Morgan fingerprint density at radius 1 is 1.12 bits per heavy atom. The molecule has 33 heavy (non-hydrogen) atoms. The van der Waals surface area contributed by atoms with E-state index in [9.17, 15) is 5.11 Å². The fourth-order valence-corrected chi connectivity index (χ4v) is 5.20. The van der Waals surface area contributed by atoms with Gasteiger partial charge in [0, 0.05) is 30.9 Å². The van der Waals surface area contributed by atoms with E-state index in [4.69, 9.17) is 0 Å². The van der Waals surface area contributed by atoms with Crippen LogP contribution in [0.1, 0.15) is 32.1 Å². The summed E-state index contributed by atoms with van der Waals surface area (Å²) in [4.78, 5) is 6.14. The fourth-order valence-electron chi connectivity index (χ4n) is 5.20. The van der Waals surface area contributed by atoms with E-state index in [0.29, 0.717) is 24.2 Å². The van der Waals surface area contributed by atoms with Gasteiger partial charge in [0.2, 0.25) is 0 Å². The highest BCUT2D eigenvalue weighted by Gasteiger charge is 2.58. The molecule has 0 amide bonds. The lowest BCUT2D eigenvalue weighted by atomic mass is 9.93. The number of alkyl halides is 2. The van der Waals surface area contributed by atoms with Crippen molar-refractivity contribution >= 4 is 5.82 Å². The predicted molar refractivity (Wildman–Crippen MR) is 118 cm³/mol. The SMILES string of the molecule is Cn1cc(-c2ccc(-c3ncc(N(C4CC4)[C@@H]4C[C@H]5CC[C@H](N5)C4(F)F)nn3)c(O)c2)cn1. The van der Waals surface area contributed by atoms with Gasteiger partial charge in [0.15, 0.2) is 11.6 Å². The van der Waals surface area contributed by atoms with E-state index >= 15 is 8.78 Å². The van der Waals surface area contributed by atoms with Crippen molar-refractivity contribution in [2.24, 2.45) is 7.05 Å². The third-order valence-electron chi connectivity index (χ3n) is 7.02. The first-order valence-electron chi connectivity index (χ1n) is 11.3. The van der Waals surface area contributed by atoms with Crippen molar-refractivity contribution < 1.29 is 13.9 Å². The molecule has 4 heterocycles. The quantitative estimate of drug-likeness (QED) is 0.613. The number of halogens is 2. The smallest absolute Gasteiger partial charge is 0.283 e. The predicted octanol–water partition coefficient (Wildman–Crippen LogP) is 3.14. The van der Waals surface area contributed by atoms with Crippen LogP contribution in [0.3, 0.4) is 0 Å². The van der Waals surface area contributed by atoms with E-state index < -0.39 is 18.0 Å². The lowest BCUT2D eigenvalue weighted by Gasteiger charge is -2.43.